The Morgan fingerprint density at radius 3 is 2.53 bits per heavy atom. The molecular formula is C11H8ClNO2. The molecule has 0 saturated heterocycles. The number of fused-ring (bicyclic) bond motifs is 1. The number of para-hydroxylation sites is 1. The van der Waals surface area contributed by atoms with E-state index in [2.05, 4.69) is 0 Å². The first kappa shape index (κ1) is 9.93. The van der Waals surface area contributed by atoms with Crippen LogP contribution in [-0.4, -0.2) is 15.7 Å². The summed E-state index contributed by atoms with van der Waals surface area (Å²) in [5.74, 6) is -0.143. The largest absolute Gasteiger partial charge is 0.287 e. The molecule has 0 unspecified atom stereocenters. The van der Waals surface area contributed by atoms with Gasteiger partial charge in [0.05, 0.1) is 11.1 Å². The third-order valence-corrected chi connectivity index (χ3v) is 2.47. The van der Waals surface area contributed by atoms with Gasteiger partial charge in [0.25, 0.3) is 5.24 Å². The van der Waals surface area contributed by atoms with Crippen LogP contribution in [0.4, 0.5) is 0 Å². The molecule has 0 N–H and O–H groups in total. The van der Waals surface area contributed by atoms with Gasteiger partial charge in [-0.3, -0.25) is 14.2 Å². The Morgan fingerprint density at radius 1 is 1.27 bits per heavy atom. The third-order valence-electron chi connectivity index (χ3n) is 2.26. The van der Waals surface area contributed by atoms with Gasteiger partial charge in [0.1, 0.15) is 0 Å². The van der Waals surface area contributed by atoms with Crippen LogP contribution in [0.1, 0.15) is 22.1 Å². The van der Waals surface area contributed by atoms with Crippen molar-refractivity contribution < 1.29 is 9.59 Å². The minimum atomic E-state index is -0.550. The number of rotatable bonds is 1. The summed E-state index contributed by atoms with van der Waals surface area (Å²) in [6.45, 7) is 1.44. The van der Waals surface area contributed by atoms with Crippen LogP contribution in [0.2, 0.25) is 0 Å². The van der Waals surface area contributed by atoms with E-state index in [0.29, 0.717) is 16.5 Å². The molecule has 76 valence electrons. The molecular weight excluding hydrogens is 214 g/mol. The van der Waals surface area contributed by atoms with Crippen molar-refractivity contribution in [2.75, 3.05) is 0 Å². The molecule has 1 aromatic heterocycles. The van der Waals surface area contributed by atoms with Crippen LogP contribution in [0.15, 0.2) is 30.5 Å². The highest BCUT2D eigenvalue weighted by Gasteiger charge is 2.14. The number of hydrogen-bond acceptors (Lipinski definition) is 2. The van der Waals surface area contributed by atoms with E-state index in [1.165, 1.54) is 17.7 Å². The quantitative estimate of drug-likeness (QED) is 0.695. The highest BCUT2D eigenvalue weighted by atomic mass is 35.5. The fourth-order valence-electron chi connectivity index (χ4n) is 1.60. The van der Waals surface area contributed by atoms with Crippen LogP contribution >= 0.6 is 11.6 Å². The fraction of sp³-hybridized carbons (Fsp3) is 0.0909. The van der Waals surface area contributed by atoms with E-state index in [0.717, 1.165) is 0 Å². The highest BCUT2D eigenvalue weighted by molar-refractivity contribution is 6.68. The molecule has 0 bridgehead atoms. The molecule has 0 saturated carbocycles. The lowest BCUT2D eigenvalue weighted by atomic mass is 10.2. The predicted molar refractivity (Wildman–Crippen MR) is 58.4 cm³/mol. The summed E-state index contributed by atoms with van der Waals surface area (Å²) in [4.78, 5) is 22.4. The maximum atomic E-state index is 11.3. The third kappa shape index (κ3) is 1.55. The predicted octanol–water partition coefficient (Wildman–Crippen LogP) is 2.68. The van der Waals surface area contributed by atoms with Crippen LogP contribution in [-0.2, 0) is 0 Å². The zero-order chi connectivity index (χ0) is 11.0. The molecule has 0 spiro atoms. The summed E-state index contributed by atoms with van der Waals surface area (Å²) in [7, 11) is 0. The smallest absolute Gasteiger partial charge is 0.254 e. The molecule has 0 aliphatic carbocycles. The second-order valence-corrected chi connectivity index (χ2v) is 3.57. The Morgan fingerprint density at radius 2 is 1.93 bits per heavy atom. The average molecular weight is 222 g/mol. The van der Waals surface area contributed by atoms with Gasteiger partial charge < -0.3 is 0 Å². The number of aromatic nitrogens is 1. The van der Waals surface area contributed by atoms with Crippen molar-refractivity contribution in [3.05, 3.63) is 36.0 Å². The molecule has 3 nitrogen and oxygen atoms in total. The molecule has 1 heterocycles. The van der Waals surface area contributed by atoms with Crippen LogP contribution in [0.5, 0.6) is 0 Å². The number of carbonyl (C=O) groups excluding carboxylic acids is 2. The zero-order valence-corrected chi connectivity index (χ0v) is 8.78. The summed E-state index contributed by atoms with van der Waals surface area (Å²) in [6, 6.07) is 7.16. The molecule has 2 rings (SSSR count). The Kier molecular flexibility index (Phi) is 2.32. The molecule has 4 heteroatoms. The second-order valence-electron chi connectivity index (χ2n) is 3.22. The van der Waals surface area contributed by atoms with Crippen molar-refractivity contribution in [2.24, 2.45) is 0 Å². The van der Waals surface area contributed by atoms with Crippen LogP contribution in [0.25, 0.3) is 10.9 Å². The van der Waals surface area contributed by atoms with E-state index >= 15 is 0 Å². The summed E-state index contributed by atoms with van der Waals surface area (Å²) >= 11 is 5.44. The minimum Gasteiger partial charge on any atom is -0.287 e. The Labute approximate surface area is 91.3 Å². The van der Waals surface area contributed by atoms with E-state index in [9.17, 15) is 9.59 Å². The first-order chi connectivity index (χ1) is 7.11. The van der Waals surface area contributed by atoms with E-state index in [1.807, 2.05) is 6.07 Å². The van der Waals surface area contributed by atoms with Crippen molar-refractivity contribution in [1.82, 2.24) is 4.57 Å². The van der Waals surface area contributed by atoms with Crippen LogP contribution in [0.3, 0.4) is 0 Å². The highest BCUT2D eigenvalue weighted by Crippen LogP contribution is 2.22. The maximum Gasteiger partial charge on any atom is 0.254 e. The van der Waals surface area contributed by atoms with Gasteiger partial charge in [-0.1, -0.05) is 18.2 Å². The van der Waals surface area contributed by atoms with Crippen molar-refractivity contribution in [1.29, 1.82) is 0 Å². The number of halogens is 1. The number of hydrogen-bond donors (Lipinski definition) is 0. The van der Waals surface area contributed by atoms with Gasteiger partial charge in [0, 0.05) is 18.5 Å². The van der Waals surface area contributed by atoms with Gasteiger partial charge in [0.15, 0.2) is 0 Å². The maximum absolute atomic E-state index is 11.3. The lowest BCUT2D eigenvalue weighted by Gasteiger charge is -1.96. The molecule has 0 amide bonds. The van der Waals surface area contributed by atoms with Gasteiger partial charge in [-0.25, -0.2) is 0 Å². The minimum absolute atomic E-state index is 0.143. The first-order valence-corrected chi connectivity index (χ1v) is 4.80. The SMILES string of the molecule is CC(=O)n1cc(C(=O)Cl)c2ccccc21. The van der Waals surface area contributed by atoms with Gasteiger partial charge in [0.2, 0.25) is 5.91 Å². The number of nitrogens with zero attached hydrogens (tertiary/aromatic N) is 1. The van der Waals surface area contributed by atoms with Crippen molar-refractivity contribution in [3.8, 4) is 0 Å². The second kappa shape index (κ2) is 3.51. The molecule has 0 aliphatic heterocycles. The first-order valence-electron chi connectivity index (χ1n) is 4.42. The number of benzene rings is 1. The monoisotopic (exact) mass is 221 g/mol. The van der Waals surface area contributed by atoms with E-state index in [4.69, 9.17) is 11.6 Å². The average Bonchev–Trinajstić information content (AvgIpc) is 2.56. The summed E-state index contributed by atoms with van der Waals surface area (Å²) in [5.41, 5.74) is 1.07. The molecule has 0 fully saturated rings. The Hall–Kier alpha value is -1.61. The van der Waals surface area contributed by atoms with Crippen molar-refractivity contribution in [2.45, 2.75) is 6.92 Å². The molecule has 15 heavy (non-hydrogen) atoms. The summed E-state index contributed by atoms with van der Waals surface area (Å²) in [5, 5.41) is 0.152. The molecule has 0 aliphatic rings. The summed E-state index contributed by atoms with van der Waals surface area (Å²) < 4.78 is 1.42. The Bertz CT molecular complexity index is 509. The van der Waals surface area contributed by atoms with E-state index < -0.39 is 5.24 Å². The topological polar surface area (TPSA) is 39.1 Å². The molecule has 2 aromatic rings. The Balaban J connectivity index is 2.85. The van der Waals surface area contributed by atoms with Crippen LogP contribution in [0, 0.1) is 0 Å². The zero-order valence-electron chi connectivity index (χ0n) is 8.03. The van der Waals surface area contributed by atoms with Crippen molar-refractivity contribution in [3.63, 3.8) is 0 Å². The van der Waals surface area contributed by atoms with Gasteiger partial charge >= 0.3 is 0 Å². The normalized spacial score (nSPS) is 10.5. The lowest BCUT2D eigenvalue weighted by molar-refractivity contribution is 0.0941. The number of carbonyl (C=O) groups is 2. The standard InChI is InChI=1S/C11H8ClNO2/c1-7(14)13-6-9(11(12)15)8-4-2-3-5-10(8)13/h2-6H,1H3. The van der Waals surface area contributed by atoms with Gasteiger partial charge in [-0.2, -0.15) is 0 Å². The van der Waals surface area contributed by atoms with Gasteiger partial charge in [-0.05, 0) is 17.7 Å². The lowest BCUT2D eigenvalue weighted by Crippen LogP contribution is -2.02. The molecule has 0 radical (unpaired) electrons. The van der Waals surface area contributed by atoms with Gasteiger partial charge in [-0.15, -0.1) is 0 Å². The molecule has 0 atom stereocenters. The van der Waals surface area contributed by atoms with E-state index in [-0.39, 0.29) is 5.91 Å². The van der Waals surface area contributed by atoms with E-state index in [1.54, 1.807) is 18.2 Å². The van der Waals surface area contributed by atoms with Crippen molar-refractivity contribution >= 4 is 33.7 Å². The fourth-order valence-corrected chi connectivity index (χ4v) is 1.75. The molecule has 1 aromatic carbocycles. The van der Waals surface area contributed by atoms with Crippen LogP contribution < -0.4 is 0 Å². The summed E-state index contributed by atoms with van der Waals surface area (Å²) in [6.07, 6.45) is 1.47.